The Balaban J connectivity index is 1.52. The van der Waals surface area contributed by atoms with E-state index in [0.29, 0.717) is 30.4 Å². The highest BCUT2D eigenvalue weighted by Crippen LogP contribution is 2.24. The molecular weight excluding hydrogens is 308 g/mol. The molecule has 7 heteroatoms. The first kappa shape index (κ1) is 16.0. The summed E-state index contributed by atoms with van der Waals surface area (Å²) in [6, 6.07) is 8.98. The molecule has 3 rings (SSSR count). The van der Waals surface area contributed by atoms with Gasteiger partial charge in [-0.2, -0.15) is 0 Å². The van der Waals surface area contributed by atoms with Gasteiger partial charge in [-0.3, -0.25) is 0 Å². The van der Waals surface area contributed by atoms with Crippen LogP contribution in [0.1, 0.15) is 12.8 Å². The van der Waals surface area contributed by atoms with Crippen molar-refractivity contribution in [1.82, 2.24) is 14.9 Å². The van der Waals surface area contributed by atoms with Gasteiger partial charge in [0.2, 0.25) is 5.88 Å². The highest BCUT2D eigenvalue weighted by molar-refractivity contribution is 5.91. The number of urea groups is 1. The third kappa shape index (κ3) is 3.92. The molecule has 0 aliphatic carbocycles. The topological polar surface area (TPSA) is 76.6 Å². The molecule has 0 radical (unpaired) electrons. The Kier molecular flexibility index (Phi) is 5.10. The van der Waals surface area contributed by atoms with E-state index in [-0.39, 0.29) is 12.1 Å². The molecule has 0 saturated carbocycles. The molecule has 0 bridgehead atoms. The predicted octanol–water partition coefficient (Wildman–Crippen LogP) is 2.56. The monoisotopic (exact) mass is 328 g/mol. The van der Waals surface area contributed by atoms with E-state index in [4.69, 9.17) is 9.47 Å². The number of piperidine rings is 1. The molecule has 1 N–H and O–H groups in total. The number of anilines is 1. The van der Waals surface area contributed by atoms with E-state index in [0.717, 1.165) is 12.8 Å². The van der Waals surface area contributed by atoms with Gasteiger partial charge in [-0.15, -0.1) is 0 Å². The van der Waals surface area contributed by atoms with E-state index >= 15 is 0 Å². The Labute approximate surface area is 140 Å². The predicted molar refractivity (Wildman–Crippen MR) is 89.3 cm³/mol. The second kappa shape index (κ2) is 7.63. The fraction of sp³-hybridized carbons (Fsp3) is 0.353. The number of hydrogen-bond donors (Lipinski definition) is 1. The summed E-state index contributed by atoms with van der Waals surface area (Å²) >= 11 is 0. The molecule has 2 heterocycles. The van der Waals surface area contributed by atoms with E-state index in [1.807, 2.05) is 24.3 Å². The molecule has 2 amide bonds. The first-order valence-corrected chi connectivity index (χ1v) is 7.88. The minimum atomic E-state index is -0.125. The Bertz CT molecular complexity index is 673. The van der Waals surface area contributed by atoms with E-state index in [2.05, 4.69) is 15.3 Å². The Morgan fingerprint density at radius 3 is 2.75 bits per heavy atom. The molecule has 1 aromatic heterocycles. The van der Waals surface area contributed by atoms with Crippen LogP contribution in [0.2, 0.25) is 0 Å². The standard InChI is InChI=1S/C17H20N4O3/c1-23-15-5-3-2-4-14(15)20-17(22)21-10-7-13(8-11-21)24-16-6-9-18-12-19-16/h2-6,9,12-13H,7-8,10-11H2,1H3,(H,20,22). The number of aromatic nitrogens is 2. The number of hydrogen-bond acceptors (Lipinski definition) is 5. The molecule has 1 aromatic carbocycles. The third-order valence-corrected chi connectivity index (χ3v) is 3.92. The first-order valence-electron chi connectivity index (χ1n) is 7.88. The number of benzene rings is 1. The second-order valence-corrected chi connectivity index (χ2v) is 5.48. The molecule has 0 spiro atoms. The molecule has 24 heavy (non-hydrogen) atoms. The van der Waals surface area contributed by atoms with Gasteiger partial charge in [-0.1, -0.05) is 12.1 Å². The van der Waals surface area contributed by atoms with Crippen LogP contribution < -0.4 is 14.8 Å². The van der Waals surface area contributed by atoms with Gasteiger partial charge in [0, 0.05) is 38.2 Å². The van der Waals surface area contributed by atoms with Crippen LogP contribution >= 0.6 is 0 Å². The minimum Gasteiger partial charge on any atom is -0.495 e. The SMILES string of the molecule is COc1ccccc1NC(=O)N1CCC(Oc2ccncn2)CC1. The number of para-hydroxylation sites is 2. The van der Waals surface area contributed by atoms with Crippen LogP contribution in [0.4, 0.5) is 10.5 Å². The molecule has 7 nitrogen and oxygen atoms in total. The summed E-state index contributed by atoms with van der Waals surface area (Å²) < 4.78 is 11.1. The molecule has 2 aromatic rings. The molecule has 0 unspecified atom stereocenters. The summed E-state index contributed by atoms with van der Waals surface area (Å²) in [7, 11) is 1.58. The quantitative estimate of drug-likeness (QED) is 0.933. The van der Waals surface area contributed by atoms with Gasteiger partial charge < -0.3 is 19.7 Å². The van der Waals surface area contributed by atoms with Gasteiger partial charge in [0.1, 0.15) is 18.2 Å². The number of carbonyl (C=O) groups excluding carboxylic acids is 1. The fourth-order valence-corrected chi connectivity index (χ4v) is 2.64. The third-order valence-electron chi connectivity index (χ3n) is 3.92. The van der Waals surface area contributed by atoms with Crippen LogP contribution in [-0.4, -0.2) is 47.2 Å². The van der Waals surface area contributed by atoms with Crippen LogP contribution in [0.25, 0.3) is 0 Å². The van der Waals surface area contributed by atoms with Crippen molar-refractivity contribution in [1.29, 1.82) is 0 Å². The smallest absolute Gasteiger partial charge is 0.321 e. The second-order valence-electron chi connectivity index (χ2n) is 5.48. The lowest BCUT2D eigenvalue weighted by molar-refractivity contribution is 0.111. The van der Waals surface area contributed by atoms with Crippen LogP contribution in [0.3, 0.4) is 0 Å². The molecule has 126 valence electrons. The van der Waals surface area contributed by atoms with Crippen molar-refractivity contribution in [3.63, 3.8) is 0 Å². The van der Waals surface area contributed by atoms with Crippen LogP contribution in [0.5, 0.6) is 11.6 Å². The molecule has 1 aliphatic heterocycles. The lowest BCUT2D eigenvalue weighted by Crippen LogP contribution is -2.43. The summed E-state index contributed by atoms with van der Waals surface area (Å²) in [5, 5.41) is 2.90. The molecule has 1 saturated heterocycles. The maximum absolute atomic E-state index is 12.4. The zero-order valence-electron chi connectivity index (χ0n) is 13.5. The Morgan fingerprint density at radius 2 is 2.04 bits per heavy atom. The normalized spacial score (nSPS) is 15.0. The van der Waals surface area contributed by atoms with Crippen molar-refractivity contribution in [2.24, 2.45) is 0 Å². The van der Waals surface area contributed by atoms with E-state index < -0.39 is 0 Å². The highest BCUT2D eigenvalue weighted by atomic mass is 16.5. The highest BCUT2D eigenvalue weighted by Gasteiger charge is 2.24. The van der Waals surface area contributed by atoms with Gasteiger partial charge in [0.15, 0.2) is 0 Å². The number of amides is 2. The zero-order chi connectivity index (χ0) is 16.8. The van der Waals surface area contributed by atoms with E-state index in [9.17, 15) is 4.79 Å². The maximum Gasteiger partial charge on any atom is 0.321 e. The molecule has 0 atom stereocenters. The lowest BCUT2D eigenvalue weighted by Gasteiger charge is -2.32. The van der Waals surface area contributed by atoms with Gasteiger partial charge in [-0.25, -0.2) is 14.8 Å². The van der Waals surface area contributed by atoms with E-state index in [1.54, 1.807) is 24.3 Å². The maximum atomic E-state index is 12.4. The number of likely N-dealkylation sites (tertiary alicyclic amines) is 1. The van der Waals surface area contributed by atoms with Crippen molar-refractivity contribution in [3.05, 3.63) is 42.9 Å². The summed E-state index contributed by atoms with van der Waals surface area (Å²) in [6.07, 6.45) is 4.71. The zero-order valence-corrected chi connectivity index (χ0v) is 13.5. The number of nitrogens with one attached hydrogen (secondary N) is 1. The van der Waals surface area contributed by atoms with Crippen LogP contribution in [0.15, 0.2) is 42.9 Å². The summed E-state index contributed by atoms with van der Waals surface area (Å²) in [5.41, 5.74) is 0.671. The molecule has 1 fully saturated rings. The van der Waals surface area contributed by atoms with Gasteiger partial charge >= 0.3 is 6.03 Å². The average Bonchev–Trinajstić information content (AvgIpc) is 2.63. The van der Waals surface area contributed by atoms with E-state index in [1.165, 1.54) is 6.33 Å². The van der Waals surface area contributed by atoms with Crippen LogP contribution in [0, 0.1) is 0 Å². The van der Waals surface area contributed by atoms with Gasteiger partial charge in [0.25, 0.3) is 0 Å². The Hall–Kier alpha value is -2.83. The van der Waals surface area contributed by atoms with Crippen molar-refractivity contribution in [3.8, 4) is 11.6 Å². The average molecular weight is 328 g/mol. The Morgan fingerprint density at radius 1 is 1.25 bits per heavy atom. The molecular formula is C17H20N4O3. The van der Waals surface area contributed by atoms with Gasteiger partial charge in [0.05, 0.1) is 12.8 Å². The lowest BCUT2D eigenvalue weighted by atomic mass is 10.1. The summed E-state index contributed by atoms with van der Waals surface area (Å²) in [6.45, 7) is 1.27. The number of ether oxygens (including phenoxy) is 2. The van der Waals surface area contributed by atoms with Crippen molar-refractivity contribution >= 4 is 11.7 Å². The minimum absolute atomic E-state index is 0.0650. The number of rotatable bonds is 4. The largest absolute Gasteiger partial charge is 0.495 e. The molecule has 1 aliphatic rings. The summed E-state index contributed by atoms with van der Waals surface area (Å²) in [4.78, 5) is 22.1. The van der Waals surface area contributed by atoms with Crippen molar-refractivity contribution in [2.75, 3.05) is 25.5 Å². The number of nitrogens with zero attached hydrogens (tertiary/aromatic N) is 3. The van der Waals surface area contributed by atoms with Crippen molar-refractivity contribution < 1.29 is 14.3 Å². The van der Waals surface area contributed by atoms with Crippen LogP contribution in [-0.2, 0) is 0 Å². The van der Waals surface area contributed by atoms with Crippen molar-refractivity contribution in [2.45, 2.75) is 18.9 Å². The summed E-state index contributed by atoms with van der Waals surface area (Å²) in [5.74, 6) is 1.22. The number of methoxy groups -OCH3 is 1. The fourth-order valence-electron chi connectivity index (χ4n) is 2.64. The number of carbonyl (C=O) groups is 1. The first-order chi connectivity index (χ1) is 11.8. The van der Waals surface area contributed by atoms with Gasteiger partial charge in [-0.05, 0) is 12.1 Å².